The highest BCUT2D eigenvalue weighted by Crippen LogP contribution is 2.25. The predicted molar refractivity (Wildman–Crippen MR) is 85.2 cm³/mol. The Labute approximate surface area is 129 Å². The summed E-state index contributed by atoms with van der Waals surface area (Å²) in [5.41, 5.74) is 0.912. The van der Waals surface area contributed by atoms with Crippen LogP contribution in [0.25, 0.3) is 0 Å². The molecule has 0 amide bonds. The molecule has 1 atom stereocenters. The first-order valence-electron chi connectivity index (χ1n) is 6.58. The molecule has 0 fully saturated rings. The summed E-state index contributed by atoms with van der Waals surface area (Å²) < 4.78 is 32.6. The van der Waals surface area contributed by atoms with Crippen LogP contribution in [0, 0.1) is 13.8 Å². The van der Waals surface area contributed by atoms with Crippen molar-refractivity contribution in [2.24, 2.45) is 0 Å². The second-order valence-electron chi connectivity index (χ2n) is 4.84. The molecule has 1 aromatic carbocycles. The van der Waals surface area contributed by atoms with Gasteiger partial charge in [0.1, 0.15) is 6.10 Å². The molecule has 1 N–H and O–H groups in total. The highest BCUT2D eigenvalue weighted by molar-refractivity contribution is 7.89. The van der Waals surface area contributed by atoms with E-state index in [1.54, 1.807) is 36.6 Å². The fourth-order valence-electron chi connectivity index (χ4n) is 1.98. The van der Waals surface area contributed by atoms with Gasteiger partial charge in [0.15, 0.2) is 0 Å². The molecule has 2 aromatic rings. The molecule has 0 aliphatic carbocycles. The molecule has 0 unspecified atom stereocenters. The second-order valence-corrected chi connectivity index (χ2v) is 7.93. The van der Waals surface area contributed by atoms with Crippen LogP contribution < -0.4 is 4.72 Å². The molecule has 0 aliphatic heterocycles. The van der Waals surface area contributed by atoms with Crippen LogP contribution in [0.2, 0.25) is 0 Å². The zero-order valence-corrected chi connectivity index (χ0v) is 13.9. The van der Waals surface area contributed by atoms with Crippen molar-refractivity contribution in [3.8, 4) is 0 Å². The topological polar surface area (TPSA) is 55.4 Å². The Morgan fingerprint density at radius 1 is 1.24 bits per heavy atom. The van der Waals surface area contributed by atoms with E-state index in [4.69, 9.17) is 4.74 Å². The number of aryl methyl sites for hydroxylation is 2. The van der Waals surface area contributed by atoms with E-state index >= 15 is 0 Å². The monoisotopic (exact) mass is 325 g/mol. The molecule has 0 spiro atoms. The summed E-state index contributed by atoms with van der Waals surface area (Å²) in [4.78, 5) is 2.47. The van der Waals surface area contributed by atoms with Crippen LogP contribution in [-0.2, 0) is 14.8 Å². The Morgan fingerprint density at radius 2 is 2.00 bits per heavy atom. The number of methoxy groups -OCH3 is 1. The number of thiophene rings is 1. The van der Waals surface area contributed by atoms with E-state index in [0.29, 0.717) is 0 Å². The quantitative estimate of drug-likeness (QED) is 0.888. The lowest BCUT2D eigenvalue weighted by Gasteiger charge is -2.15. The Balaban J connectivity index is 2.10. The van der Waals surface area contributed by atoms with Gasteiger partial charge in [0, 0.05) is 23.4 Å². The van der Waals surface area contributed by atoms with Crippen LogP contribution in [0.1, 0.15) is 21.4 Å². The molecule has 21 heavy (non-hydrogen) atoms. The first-order valence-corrected chi connectivity index (χ1v) is 8.88. The maximum absolute atomic E-state index is 12.3. The average molecular weight is 325 g/mol. The second kappa shape index (κ2) is 6.70. The number of sulfonamides is 1. The van der Waals surface area contributed by atoms with E-state index in [-0.39, 0.29) is 17.5 Å². The summed E-state index contributed by atoms with van der Waals surface area (Å²) in [6.45, 7) is 4.09. The van der Waals surface area contributed by atoms with Crippen LogP contribution in [0.15, 0.2) is 41.3 Å². The molecule has 0 bridgehead atoms. The Hall–Kier alpha value is -1.21. The lowest BCUT2D eigenvalue weighted by Crippen LogP contribution is -2.29. The summed E-state index contributed by atoms with van der Waals surface area (Å²) >= 11 is 1.61. The number of benzene rings is 1. The van der Waals surface area contributed by atoms with Crippen molar-refractivity contribution >= 4 is 21.4 Å². The SMILES string of the molecule is CO[C@@H](CNS(=O)(=O)c1cccc(C)c1)c1ccc(C)s1. The molecule has 0 saturated heterocycles. The van der Waals surface area contributed by atoms with Gasteiger partial charge >= 0.3 is 0 Å². The normalized spacial score (nSPS) is 13.3. The smallest absolute Gasteiger partial charge is 0.240 e. The fourth-order valence-corrected chi connectivity index (χ4v) is 4.07. The summed E-state index contributed by atoms with van der Waals surface area (Å²) in [6, 6.07) is 10.8. The number of ether oxygens (including phenoxy) is 1. The van der Waals surface area contributed by atoms with Crippen LogP contribution >= 0.6 is 11.3 Å². The maximum Gasteiger partial charge on any atom is 0.240 e. The lowest BCUT2D eigenvalue weighted by atomic mass is 10.2. The summed E-state index contributed by atoms with van der Waals surface area (Å²) in [5.74, 6) is 0. The molecule has 0 saturated carbocycles. The molecule has 0 radical (unpaired) electrons. The third-order valence-corrected chi connectivity index (χ3v) is 5.64. The minimum atomic E-state index is -3.51. The van der Waals surface area contributed by atoms with E-state index < -0.39 is 10.0 Å². The third-order valence-electron chi connectivity index (χ3n) is 3.12. The zero-order valence-electron chi connectivity index (χ0n) is 12.3. The van der Waals surface area contributed by atoms with Crippen molar-refractivity contribution in [2.45, 2.75) is 24.8 Å². The fraction of sp³-hybridized carbons (Fsp3) is 0.333. The van der Waals surface area contributed by atoms with E-state index in [1.165, 1.54) is 4.88 Å². The standard InChI is InChI=1S/C15H19NO3S2/c1-11-5-4-6-13(9-11)21(17,18)16-10-14(19-3)15-8-7-12(2)20-15/h4-9,14,16H,10H2,1-3H3/t14-/m0/s1. The van der Waals surface area contributed by atoms with Crippen LogP contribution in [-0.4, -0.2) is 22.1 Å². The van der Waals surface area contributed by atoms with Crippen molar-refractivity contribution in [1.82, 2.24) is 4.72 Å². The van der Waals surface area contributed by atoms with Gasteiger partial charge in [0.05, 0.1) is 4.90 Å². The van der Waals surface area contributed by atoms with Crippen molar-refractivity contribution < 1.29 is 13.2 Å². The van der Waals surface area contributed by atoms with Gasteiger partial charge in [-0.2, -0.15) is 0 Å². The van der Waals surface area contributed by atoms with Gasteiger partial charge < -0.3 is 4.74 Å². The van der Waals surface area contributed by atoms with Gasteiger partial charge in [-0.15, -0.1) is 11.3 Å². The van der Waals surface area contributed by atoms with E-state index in [0.717, 1.165) is 10.4 Å². The van der Waals surface area contributed by atoms with Gasteiger partial charge in [0.25, 0.3) is 0 Å². The number of hydrogen-bond acceptors (Lipinski definition) is 4. The van der Waals surface area contributed by atoms with Gasteiger partial charge in [-0.1, -0.05) is 12.1 Å². The lowest BCUT2D eigenvalue weighted by molar-refractivity contribution is 0.110. The summed E-state index contributed by atoms with van der Waals surface area (Å²) in [6.07, 6.45) is -0.275. The summed E-state index contributed by atoms with van der Waals surface area (Å²) in [7, 11) is -1.93. The van der Waals surface area contributed by atoms with Crippen molar-refractivity contribution in [2.75, 3.05) is 13.7 Å². The van der Waals surface area contributed by atoms with Gasteiger partial charge in [0.2, 0.25) is 10.0 Å². The average Bonchev–Trinajstić information content (AvgIpc) is 2.86. The molecule has 114 valence electrons. The minimum Gasteiger partial charge on any atom is -0.375 e. The predicted octanol–water partition coefficient (Wildman–Crippen LogP) is 3.03. The molecule has 0 aliphatic rings. The maximum atomic E-state index is 12.3. The van der Waals surface area contributed by atoms with E-state index in [2.05, 4.69) is 4.72 Å². The Bertz CT molecular complexity index is 707. The van der Waals surface area contributed by atoms with Crippen LogP contribution in [0.5, 0.6) is 0 Å². The molecule has 6 heteroatoms. The zero-order chi connectivity index (χ0) is 15.5. The highest BCUT2D eigenvalue weighted by Gasteiger charge is 2.18. The molecule has 1 heterocycles. The highest BCUT2D eigenvalue weighted by atomic mass is 32.2. The van der Waals surface area contributed by atoms with Crippen molar-refractivity contribution in [1.29, 1.82) is 0 Å². The van der Waals surface area contributed by atoms with Crippen LogP contribution in [0.3, 0.4) is 0 Å². The van der Waals surface area contributed by atoms with Gasteiger partial charge in [-0.25, -0.2) is 13.1 Å². The molecular formula is C15H19NO3S2. The molecule has 2 rings (SSSR count). The third kappa shape index (κ3) is 4.14. The van der Waals surface area contributed by atoms with Gasteiger partial charge in [-0.3, -0.25) is 0 Å². The summed E-state index contributed by atoms with van der Waals surface area (Å²) in [5, 5.41) is 0. The molecule has 1 aromatic heterocycles. The van der Waals surface area contributed by atoms with Crippen LogP contribution in [0.4, 0.5) is 0 Å². The Morgan fingerprint density at radius 3 is 2.57 bits per heavy atom. The van der Waals surface area contributed by atoms with Crippen molar-refractivity contribution in [3.05, 3.63) is 51.7 Å². The molecular weight excluding hydrogens is 306 g/mol. The number of nitrogens with one attached hydrogen (secondary N) is 1. The largest absolute Gasteiger partial charge is 0.375 e. The van der Waals surface area contributed by atoms with E-state index in [1.807, 2.05) is 32.0 Å². The Kier molecular flexibility index (Phi) is 5.16. The molecule has 4 nitrogen and oxygen atoms in total. The number of rotatable bonds is 6. The first-order chi connectivity index (χ1) is 9.92. The first kappa shape index (κ1) is 16.2. The minimum absolute atomic E-state index is 0.215. The van der Waals surface area contributed by atoms with Gasteiger partial charge in [-0.05, 0) is 43.7 Å². The van der Waals surface area contributed by atoms with Crippen molar-refractivity contribution in [3.63, 3.8) is 0 Å². The number of hydrogen-bond donors (Lipinski definition) is 1. The van der Waals surface area contributed by atoms with E-state index in [9.17, 15) is 8.42 Å².